The molecule has 0 aromatic heterocycles. The summed E-state index contributed by atoms with van der Waals surface area (Å²) in [6.07, 6.45) is 1.85. The standard InChI is InChI=1S/C18H35N5O3/c19-23-9-7-21(8-10-23)6-5-20-3-1-17(2-4-20)18(24)26-16-13-22-11-14-25-15-12-22/h17H,1-16,19H2. The van der Waals surface area contributed by atoms with Crippen LogP contribution >= 0.6 is 0 Å². The maximum atomic E-state index is 12.3. The number of nitrogens with zero attached hydrogens (tertiary/aromatic N) is 4. The average molecular weight is 370 g/mol. The lowest BCUT2D eigenvalue weighted by molar-refractivity contribution is -0.150. The molecule has 150 valence electrons. The van der Waals surface area contributed by atoms with Crippen molar-refractivity contribution in [1.82, 2.24) is 19.7 Å². The van der Waals surface area contributed by atoms with E-state index >= 15 is 0 Å². The summed E-state index contributed by atoms with van der Waals surface area (Å²) in [4.78, 5) is 19.5. The molecule has 8 heteroatoms. The van der Waals surface area contributed by atoms with Crippen LogP contribution in [0.5, 0.6) is 0 Å². The van der Waals surface area contributed by atoms with Gasteiger partial charge in [0, 0.05) is 58.9 Å². The number of nitrogens with two attached hydrogens (primary N) is 1. The van der Waals surface area contributed by atoms with E-state index in [1.165, 1.54) is 0 Å². The number of hydrogen-bond donors (Lipinski definition) is 1. The molecule has 26 heavy (non-hydrogen) atoms. The number of hydrazine groups is 1. The Morgan fingerprint density at radius 1 is 0.846 bits per heavy atom. The molecule has 2 N–H and O–H groups in total. The first-order valence-corrected chi connectivity index (χ1v) is 10.1. The van der Waals surface area contributed by atoms with Crippen molar-refractivity contribution in [2.75, 3.05) is 91.8 Å². The Bertz CT molecular complexity index is 417. The lowest BCUT2D eigenvalue weighted by Crippen LogP contribution is -2.51. The smallest absolute Gasteiger partial charge is 0.309 e. The molecule has 0 atom stereocenters. The van der Waals surface area contributed by atoms with Gasteiger partial charge in [0.25, 0.3) is 0 Å². The van der Waals surface area contributed by atoms with Gasteiger partial charge in [-0.25, -0.2) is 5.01 Å². The Morgan fingerprint density at radius 2 is 1.42 bits per heavy atom. The highest BCUT2D eigenvalue weighted by Crippen LogP contribution is 2.18. The molecule has 0 aliphatic carbocycles. The number of carbonyl (C=O) groups excluding carboxylic acids is 1. The Hall–Kier alpha value is -0.770. The highest BCUT2D eigenvalue weighted by atomic mass is 16.5. The van der Waals surface area contributed by atoms with Crippen molar-refractivity contribution >= 4 is 5.97 Å². The van der Waals surface area contributed by atoms with Crippen LogP contribution in [0.15, 0.2) is 0 Å². The third kappa shape index (κ3) is 6.44. The second kappa shape index (κ2) is 10.5. The maximum Gasteiger partial charge on any atom is 0.309 e. The van der Waals surface area contributed by atoms with Gasteiger partial charge in [0.2, 0.25) is 0 Å². The highest BCUT2D eigenvalue weighted by molar-refractivity contribution is 5.72. The SMILES string of the molecule is NN1CCN(CCN2CCC(C(=O)OCCN3CCOCC3)CC2)CC1. The Labute approximate surface area is 157 Å². The van der Waals surface area contributed by atoms with Gasteiger partial charge in [-0.3, -0.25) is 20.4 Å². The van der Waals surface area contributed by atoms with Crippen LogP contribution in [0.2, 0.25) is 0 Å². The molecule has 0 bridgehead atoms. The molecule has 3 aliphatic heterocycles. The van der Waals surface area contributed by atoms with Gasteiger partial charge in [-0.05, 0) is 25.9 Å². The summed E-state index contributed by atoms with van der Waals surface area (Å²) in [5.74, 6) is 5.88. The van der Waals surface area contributed by atoms with Gasteiger partial charge in [-0.1, -0.05) is 0 Å². The van der Waals surface area contributed by atoms with Gasteiger partial charge in [0.1, 0.15) is 6.61 Å². The Kier molecular flexibility index (Phi) is 8.09. The first-order chi connectivity index (χ1) is 12.7. The summed E-state index contributed by atoms with van der Waals surface area (Å²) in [6.45, 7) is 13.0. The third-order valence-electron chi connectivity index (χ3n) is 5.82. The van der Waals surface area contributed by atoms with E-state index in [2.05, 4.69) is 14.7 Å². The molecule has 0 spiro atoms. The predicted molar refractivity (Wildman–Crippen MR) is 99.6 cm³/mol. The molecular weight excluding hydrogens is 334 g/mol. The van der Waals surface area contributed by atoms with Crippen LogP contribution in [-0.4, -0.2) is 117 Å². The average Bonchev–Trinajstić information content (AvgIpc) is 2.69. The number of hydrogen-bond acceptors (Lipinski definition) is 8. The summed E-state index contributed by atoms with van der Waals surface area (Å²) >= 11 is 0. The predicted octanol–water partition coefficient (Wildman–Crippen LogP) is -0.935. The largest absolute Gasteiger partial charge is 0.464 e. The van der Waals surface area contributed by atoms with E-state index in [0.29, 0.717) is 6.61 Å². The Morgan fingerprint density at radius 3 is 2.08 bits per heavy atom. The molecule has 3 aliphatic rings. The van der Waals surface area contributed by atoms with Gasteiger partial charge in [0.05, 0.1) is 19.1 Å². The van der Waals surface area contributed by atoms with Crippen molar-refractivity contribution in [3.8, 4) is 0 Å². The molecular formula is C18H35N5O3. The van der Waals surface area contributed by atoms with Gasteiger partial charge >= 0.3 is 5.97 Å². The van der Waals surface area contributed by atoms with Crippen molar-refractivity contribution < 1.29 is 14.3 Å². The fraction of sp³-hybridized carbons (Fsp3) is 0.944. The van der Waals surface area contributed by atoms with Crippen LogP contribution in [0.1, 0.15) is 12.8 Å². The van der Waals surface area contributed by atoms with Gasteiger partial charge in [-0.15, -0.1) is 0 Å². The summed E-state index contributed by atoms with van der Waals surface area (Å²) in [7, 11) is 0. The number of likely N-dealkylation sites (tertiary alicyclic amines) is 1. The van der Waals surface area contributed by atoms with Crippen molar-refractivity contribution in [3.05, 3.63) is 0 Å². The zero-order valence-corrected chi connectivity index (χ0v) is 16.0. The minimum atomic E-state index is -0.00280. The zero-order valence-electron chi connectivity index (χ0n) is 16.0. The van der Waals surface area contributed by atoms with E-state index in [-0.39, 0.29) is 11.9 Å². The van der Waals surface area contributed by atoms with Crippen LogP contribution < -0.4 is 5.84 Å². The van der Waals surface area contributed by atoms with E-state index < -0.39 is 0 Å². The molecule has 0 aromatic carbocycles. The van der Waals surface area contributed by atoms with Crippen molar-refractivity contribution in [3.63, 3.8) is 0 Å². The minimum absolute atomic E-state index is 0.00280. The van der Waals surface area contributed by atoms with E-state index in [4.69, 9.17) is 15.3 Å². The molecule has 0 amide bonds. The number of carbonyl (C=O) groups is 1. The second-order valence-corrected chi connectivity index (χ2v) is 7.62. The molecule has 0 saturated carbocycles. The molecule has 0 radical (unpaired) electrons. The lowest BCUT2D eigenvalue weighted by atomic mass is 9.97. The zero-order chi connectivity index (χ0) is 18.2. The molecule has 3 heterocycles. The van der Waals surface area contributed by atoms with E-state index in [1.807, 2.05) is 5.01 Å². The molecule has 8 nitrogen and oxygen atoms in total. The van der Waals surface area contributed by atoms with E-state index in [1.54, 1.807) is 0 Å². The van der Waals surface area contributed by atoms with Crippen LogP contribution in [0.3, 0.4) is 0 Å². The second-order valence-electron chi connectivity index (χ2n) is 7.62. The highest BCUT2D eigenvalue weighted by Gasteiger charge is 2.26. The van der Waals surface area contributed by atoms with E-state index in [0.717, 1.165) is 98.0 Å². The van der Waals surface area contributed by atoms with Crippen LogP contribution in [0, 0.1) is 5.92 Å². The van der Waals surface area contributed by atoms with Gasteiger partial charge < -0.3 is 14.4 Å². The summed E-state index contributed by atoms with van der Waals surface area (Å²) in [5.41, 5.74) is 0. The normalized spacial score (nSPS) is 25.4. The lowest BCUT2D eigenvalue weighted by Gasteiger charge is -2.35. The minimum Gasteiger partial charge on any atom is -0.464 e. The molecule has 3 saturated heterocycles. The number of piperidine rings is 1. The molecule has 0 aromatic rings. The third-order valence-corrected chi connectivity index (χ3v) is 5.82. The van der Waals surface area contributed by atoms with Crippen molar-refractivity contribution in [1.29, 1.82) is 0 Å². The Balaban J connectivity index is 1.25. The monoisotopic (exact) mass is 369 g/mol. The number of esters is 1. The summed E-state index contributed by atoms with van der Waals surface area (Å²) < 4.78 is 10.9. The number of piperazine rings is 1. The molecule has 0 unspecified atom stereocenters. The van der Waals surface area contributed by atoms with Crippen LogP contribution in [0.25, 0.3) is 0 Å². The maximum absolute atomic E-state index is 12.3. The van der Waals surface area contributed by atoms with Gasteiger partial charge in [0.15, 0.2) is 0 Å². The quantitative estimate of drug-likeness (QED) is 0.456. The van der Waals surface area contributed by atoms with Crippen molar-refractivity contribution in [2.24, 2.45) is 11.8 Å². The summed E-state index contributed by atoms with van der Waals surface area (Å²) in [6, 6.07) is 0. The van der Waals surface area contributed by atoms with Crippen LogP contribution in [-0.2, 0) is 14.3 Å². The van der Waals surface area contributed by atoms with Crippen LogP contribution in [0.4, 0.5) is 0 Å². The fourth-order valence-electron chi connectivity index (χ4n) is 3.88. The molecule has 3 rings (SSSR count). The fourth-order valence-corrected chi connectivity index (χ4v) is 3.88. The summed E-state index contributed by atoms with van der Waals surface area (Å²) in [5, 5.41) is 1.90. The van der Waals surface area contributed by atoms with Crippen molar-refractivity contribution in [2.45, 2.75) is 12.8 Å². The van der Waals surface area contributed by atoms with Gasteiger partial charge in [-0.2, -0.15) is 0 Å². The topological polar surface area (TPSA) is 74.5 Å². The number of morpholine rings is 1. The van der Waals surface area contributed by atoms with E-state index in [9.17, 15) is 4.79 Å². The first kappa shape index (κ1) is 20.0. The number of rotatable bonds is 7. The molecule has 3 fully saturated rings. The first-order valence-electron chi connectivity index (χ1n) is 10.1. The number of ether oxygens (including phenoxy) is 2.